The smallest absolute Gasteiger partial charge is 0.219 e. The van der Waals surface area contributed by atoms with E-state index in [-0.39, 0.29) is 17.9 Å². The van der Waals surface area contributed by atoms with Crippen molar-refractivity contribution in [2.24, 2.45) is 5.92 Å². The zero-order chi connectivity index (χ0) is 15.3. The molecule has 3 atom stereocenters. The Morgan fingerprint density at radius 2 is 2.18 bits per heavy atom. The molecule has 2 aliphatic heterocycles. The summed E-state index contributed by atoms with van der Waals surface area (Å²) in [6.07, 6.45) is 4.03. The molecular formula is C17H19N3O2. The first kappa shape index (κ1) is 13.5. The molecule has 0 bridgehead atoms. The zero-order valence-corrected chi connectivity index (χ0v) is 12.5. The summed E-state index contributed by atoms with van der Waals surface area (Å²) in [6.45, 7) is 2.69. The van der Waals surface area contributed by atoms with Crippen molar-refractivity contribution < 1.29 is 9.90 Å². The summed E-state index contributed by atoms with van der Waals surface area (Å²) in [6, 6.07) is 8.44. The molecule has 5 heteroatoms. The van der Waals surface area contributed by atoms with E-state index in [1.807, 2.05) is 24.7 Å². The van der Waals surface area contributed by atoms with E-state index < -0.39 is 6.10 Å². The fourth-order valence-electron chi connectivity index (χ4n) is 3.91. The van der Waals surface area contributed by atoms with E-state index in [0.29, 0.717) is 13.1 Å². The second-order valence-electron chi connectivity index (χ2n) is 6.20. The van der Waals surface area contributed by atoms with Crippen LogP contribution in [0.5, 0.6) is 0 Å². The highest BCUT2D eigenvalue weighted by molar-refractivity contribution is 5.73. The second-order valence-corrected chi connectivity index (χ2v) is 6.20. The standard InChI is InChI=1S/C17H19N3O2/c1-11(21)19-7-6-14(16(22)9-19)17-13-5-3-2-4-12(13)15-8-18-10-20(15)17/h2-5,8,10,14,16-17,22H,6-7,9H2,1H3/t14-,16-,17-/m1/s1. The van der Waals surface area contributed by atoms with Crippen LogP contribution in [0.15, 0.2) is 36.8 Å². The predicted molar refractivity (Wildman–Crippen MR) is 82.2 cm³/mol. The van der Waals surface area contributed by atoms with E-state index in [9.17, 15) is 9.90 Å². The Bertz CT molecular complexity index is 724. The molecule has 0 aliphatic carbocycles. The van der Waals surface area contributed by atoms with Gasteiger partial charge in [-0.15, -0.1) is 0 Å². The van der Waals surface area contributed by atoms with Gasteiger partial charge in [-0.05, 0) is 12.0 Å². The number of hydrogen-bond acceptors (Lipinski definition) is 3. The summed E-state index contributed by atoms with van der Waals surface area (Å²) in [5.41, 5.74) is 3.56. The van der Waals surface area contributed by atoms with Gasteiger partial charge in [0, 0.05) is 31.5 Å². The number of benzene rings is 1. The van der Waals surface area contributed by atoms with Gasteiger partial charge in [0.15, 0.2) is 0 Å². The number of rotatable bonds is 1. The van der Waals surface area contributed by atoms with Gasteiger partial charge in [-0.1, -0.05) is 24.3 Å². The maximum atomic E-state index is 11.5. The van der Waals surface area contributed by atoms with Crippen LogP contribution in [-0.4, -0.2) is 44.7 Å². The van der Waals surface area contributed by atoms with Crippen LogP contribution in [0.1, 0.15) is 24.9 Å². The number of aliphatic hydroxyl groups excluding tert-OH is 1. The van der Waals surface area contributed by atoms with E-state index in [1.54, 1.807) is 11.8 Å². The van der Waals surface area contributed by atoms with Crippen LogP contribution in [-0.2, 0) is 4.79 Å². The molecule has 1 fully saturated rings. The number of carbonyl (C=O) groups is 1. The van der Waals surface area contributed by atoms with Gasteiger partial charge in [0.25, 0.3) is 0 Å². The van der Waals surface area contributed by atoms with Crippen molar-refractivity contribution in [1.82, 2.24) is 14.5 Å². The number of carbonyl (C=O) groups excluding carboxylic acids is 1. The first-order valence-electron chi connectivity index (χ1n) is 7.71. The van der Waals surface area contributed by atoms with Gasteiger partial charge in [0.05, 0.1) is 30.4 Å². The lowest BCUT2D eigenvalue weighted by Crippen LogP contribution is -2.48. The van der Waals surface area contributed by atoms with E-state index >= 15 is 0 Å². The van der Waals surface area contributed by atoms with E-state index in [2.05, 4.69) is 21.7 Å². The first-order valence-corrected chi connectivity index (χ1v) is 7.71. The minimum Gasteiger partial charge on any atom is -0.391 e. The van der Waals surface area contributed by atoms with Crippen LogP contribution in [0.4, 0.5) is 0 Å². The summed E-state index contributed by atoms with van der Waals surface area (Å²) in [4.78, 5) is 17.5. The van der Waals surface area contributed by atoms with Crippen molar-refractivity contribution in [3.05, 3.63) is 42.4 Å². The topological polar surface area (TPSA) is 58.4 Å². The number of aliphatic hydroxyl groups is 1. The first-order chi connectivity index (χ1) is 10.7. The predicted octanol–water partition coefficient (Wildman–Crippen LogP) is 1.68. The van der Waals surface area contributed by atoms with Gasteiger partial charge in [-0.2, -0.15) is 0 Å². The van der Waals surface area contributed by atoms with Gasteiger partial charge in [-0.3, -0.25) is 4.79 Å². The maximum absolute atomic E-state index is 11.5. The van der Waals surface area contributed by atoms with Gasteiger partial charge in [0.1, 0.15) is 0 Å². The van der Waals surface area contributed by atoms with Crippen LogP contribution < -0.4 is 0 Å². The molecule has 114 valence electrons. The number of β-amino-alcohol motifs (C(OH)–C–C–N with tert-alkyl or cyclic N) is 1. The fourth-order valence-corrected chi connectivity index (χ4v) is 3.91. The minimum absolute atomic E-state index is 0.0349. The van der Waals surface area contributed by atoms with E-state index in [4.69, 9.17) is 0 Å². The maximum Gasteiger partial charge on any atom is 0.219 e. The van der Waals surface area contributed by atoms with Crippen LogP contribution in [0.3, 0.4) is 0 Å². The molecule has 22 heavy (non-hydrogen) atoms. The minimum atomic E-state index is -0.510. The number of imidazole rings is 1. The molecule has 0 radical (unpaired) electrons. The second kappa shape index (κ2) is 4.95. The highest BCUT2D eigenvalue weighted by atomic mass is 16.3. The molecule has 0 unspecified atom stereocenters. The monoisotopic (exact) mass is 297 g/mol. The molecule has 4 rings (SSSR count). The van der Waals surface area contributed by atoms with E-state index in [1.165, 1.54) is 11.1 Å². The highest BCUT2D eigenvalue weighted by Crippen LogP contribution is 2.45. The molecule has 1 amide bonds. The van der Waals surface area contributed by atoms with Crippen molar-refractivity contribution in [3.8, 4) is 11.3 Å². The lowest BCUT2D eigenvalue weighted by atomic mass is 9.83. The number of aromatic nitrogens is 2. The number of nitrogens with zero attached hydrogens (tertiary/aromatic N) is 3. The van der Waals surface area contributed by atoms with Gasteiger partial charge < -0.3 is 14.6 Å². The molecule has 0 spiro atoms. The summed E-state index contributed by atoms with van der Waals surface area (Å²) >= 11 is 0. The zero-order valence-electron chi connectivity index (χ0n) is 12.5. The van der Waals surface area contributed by atoms with Crippen molar-refractivity contribution in [2.45, 2.75) is 25.5 Å². The Kier molecular flexibility index (Phi) is 3.04. The molecule has 0 saturated carbocycles. The Hall–Kier alpha value is -2.14. The Morgan fingerprint density at radius 3 is 2.95 bits per heavy atom. The average molecular weight is 297 g/mol. The number of likely N-dealkylation sites (tertiary alicyclic amines) is 1. The number of fused-ring (bicyclic) bond motifs is 3. The van der Waals surface area contributed by atoms with Gasteiger partial charge >= 0.3 is 0 Å². The van der Waals surface area contributed by atoms with Gasteiger partial charge in [-0.25, -0.2) is 4.98 Å². The molecule has 3 heterocycles. The highest BCUT2D eigenvalue weighted by Gasteiger charge is 2.40. The molecule has 1 saturated heterocycles. The normalized spacial score (nSPS) is 26.6. The number of hydrogen-bond donors (Lipinski definition) is 1. The van der Waals surface area contributed by atoms with Crippen LogP contribution in [0.25, 0.3) is 11.3 Å². The largest absolute Gasteiger partial charge is 0.391 e. The van der Waals surface area contributed by atoms with Crippen molar-refractivity contribution in [2.75, 3.05) is 13.1 Å². The Labute approximate surface area is 129 Å². The lowest BCUT2D eigenvalue weighted by Gasteiger charge is -2.39. The average Bonchev–Trinajstić information content (AvgIpc) is 3.08. The number of piperidine rings is 1. The molecular weight excluding hydrogens is 278 g/mol. The summed E-state index contributed by atoms with van der Waals surface area (Å²) in [5, 5.41) is 10.6. The van der Waals surface area contributed by atoms with Gasteiger partial charge in [0.2, 0.25) is 5.91 Å². The third-order valence-electron chi connectivity index (χ3n) is 5.01. The van der Waals surface area contributed by atoms with Crippen LogP contribution in [0, 0.1) is 5.92 Å². The van der Waals surface area contributed by atoms with Crippen molar-refractivity contribution >= 4 is 5.91 Å². The van der Waals surface area contributed by atoms with Crippen LogP contribution in [0.2, 0.25) is 0 Å². The molecule has 1 aromatic carbocycles. The molecule has 2 aromatic rings. The number of amides is 1. The summed E-state index contributed by atoms with van der Waals surface area (Å²) in [5.74, 6) is 0.139. The quantitative estimate of drug-likeness (QED) is 0.871. The lowest BCUT2D eigenvalue weighted by molar-refractivity contribution is -0.133. The SMILES string of the molecule is CC(=O)N1CC[C@@H]([C@H]2c3ccccc3-c3cncn32)[C@H](O)C1. The molecule has 1 aromatic heterocycles. The Balaban J connectivity index is 1.70. The third-order valence-corrected chi connectivity index (χ3v) is 5.01. The summed E-state index contributed by atoms with van der Waals surface area (Å²) in [7, 11) is 0. The molecule has 5 nitrogen and oxygen atoms in total. The molecule has 1 N–H and O–H groups in total. The summed E-state index contributed by atoms with van der Waals surface area (Å²) < 4.78 is 2.17. The van der Waals surface area contributed by atoms with Crippen molar-refractivity contribution in [3.63, 3.8) is 0 Å². The molecule has 2 aliphatic rings. The fraction of sp³-hybridized carbons (Fsp3) is 0.412. The van der Waals surface area contributed by atoms with E-state index in [0.717, 1.165) is 12.1 Å². The third kappa shape index (κ3) is 1.89. The van der Waals surface area contributed by atoms with Crippen LogP contribution >= 0.6 is 0 Å². The Morgan fingerprint density at radius 1 is 1.36 bits per heavy atom. The van der Waals surface area contributed by atoms with Crippen molar-refractivity contribution in [1.29, 1.82) is 0 Å².